The predicted octanol–water partition coefficient (Wildman–Crippen LogP) is 3.58. The average molecular weight is 230 g/mol. The number of phenolic OH excluding ortho intramolecular Hbond substituents is 1. The molecule has 2 nitrogen and oxygen atoms in total. The summed E-state index contributed by atoms with van der Waals surface area (Å²) >= 11 is 5.85. The van der Waals surface area contributed by atoms with Crippen LogP contribution in [-0.4, -0.2) is 5.11 Å². The van der Waals surface area contributed by atoms with Crippen LogP contribution in [0.25, 0.3) is 11.1 Å². The van der Waals surface area contributed by atoms with Crippen LogP contribution in [0.3, 0.4) is 0 Å². The number of nitrogens with zero attached hydrogens (tertiary/aromatic N) is 1. The molecule has 0 atom stereocenters. The van der Waals surface area contributed by atoms with Crippen LogP contribution in [0.15, 0.2) is 42.5 Å². The Bertz CT molecular complexity index is 558. The lowest BCUT2D eigenvalue weighted by Gasteiger charge is -2.05. The van der Waals surface area contributed by atoms with E-state index in [9.17, 15) is 5.11 Å². The van der Waals surface area contributed by atoms with Gasteiger partial charge in [-0.25, -0.2) is 0 Å². The molecule has 2 aromatic carbocycles. The fourth-order valence-electron chi connectivity index (χ4n) is 1.48. The molecule has 0 heterocycles. The molecular formula is C13H8ClNO. The normalized spacial score (nSPS) is 9.75. The van der Waals surface area contributed by atoms with Crippen LogP contribution in [-0.2, 0) is 0 Å². The summed E-state index contributed by atoms with van der Waals surface area (Å²) in [4.78, 5) is 0. The van der Waals surface area contributed by atoms with Gasteiger partial charge in [0.15, 0.2) is 5.75 Å². The number of rotatable bonds is 1. The molecular weight excluding hydrogens is 222 g/mol. The number of hydrogen-bond acceptors (Lipinski definition) is 2. The molecule has 1 N–H and O–H groups in total. The predicted molar refractivity (Wildman–Crippen MR) is 63.3 cm³/mol. The van der Waals surface area contributed by atoms with Gasteiger partial charge in [0.25, 0.3) is 0 Å². The third kappa shape index (κ3) is 1.86. The molecule has 0 unspecified atom stereocenters. The fourth-order valence-corrected chi connectivity index (χ4v) is 1.70. The highest BCUT2D eigenvalue weighted by molar-refractivity contribution is 6.32. The Morgan fingerprint density at radius 3 is 2.38 bits per heavy atom. The lowest BCUT2D eigenvalue weighted by molar-refractivity contribution is 0.474. The molecule has 2 aromatic rings. The second kappa shape index (κ2) is 4.26. The monoisotopic (exact) mass is 229 g/mol. The molecule has 3 heteroatoms. The smallest absolute Gasteiger partial charge is 0.151 e. The van der Waals surface area contributed by atoms with E-state index < -0.39 is 0 Å². The first-order valence-corrected chi connectivity index (χ1v) is 5.08. The fraction of sp³-hybridized carbons (Fsp3) is 0. The first-order valence-electron chi connectivity index (χ1n) is 4.70. The van der Waals surface area contributed by atoms with Crippen molar-refractivity contribution in [1.82, 2.24) is 0 Å². The van der Waals surface area contributed by atoms with Gasteiger partial charge in [0, 0.05) is 0 Å². The molecule has 0 aromatic heterocycles. The molecule has 0 bridgehead atoms. The second-order valence-electron chi connectivity index (χ2n) is 3.33. The number of hydrogen-bond donors (Lipinski definition) is 1. The number of benzene rings is 2. The quantitative estimate of drug-likeness (QED) is 0.812. The van der Waals surface area contributed by atoms with E-state index in [2.05, 4.69) is 0 Å². The molecule has 0 radical (unpaired) electrons. The van der Waals surface area contributed by atoms with Crippen molar-refractivity contribution in [3.8, 4) is 22.9 Å². The number of aromatic hydroxyl groups is 1. The summed E-state index contributed by atoms with van der Waals surface area (Å²) in [5.74, 6) is -0.163. The number of halogens is 1. The zero-order chi connectivity index (χ0) is 11.5. The van der Waals surface area contributed by atoms with Gasteiger partial charge in [0.1, 0.15) is 6.07 Å². The Morgan fingerprint density at radius 1 is 1.06 bits per heavy atom. The van der Waals surface area contributed by atoms with Crippen molar-refractivity contribution in [2.75, 3.05) is 0 Å². The number of nitriles is 1. The Kier molecular flexibility index (Phi) is 2.80. The first kappa shape index (κ1) is 10.5. The van der Waals surface area contributed by atoms with Gasteiger partial charge < -0.3 is 5.11 Å². The lowest BCUT2D eigenvalue weighted by atomic mass is 10.0. The number of phenols is 1. The molecule has 0 spiro atoms. The van der Waals surface area contributed by atoms with E-state index in [-0.39, 0.29) is 16.3 Å². The van der Waals surface area contributed by atoms with Crippen LogP contribution in [0.5, 0.6) is 5.75 Å². The summed E-state index contributed by atoms with van der Waals surface area (Å²) in [6, 6.07) is 14.7. The van der Waals surface area contributed by atoms with Gasteiger partial charge >= 0.3 is 0 Å². The van der Waals surface area contributed by atoms with E-state index in [1.54, 1.807) is 12.1 Å². The largest absolute Gasteiger partial charge is 0.505 e. The minimum Gasteiger partial charge on any atom is -0.505 e. The highest BCUT2D eigenvalue weighted by atomic mass is 35.5. The van der Waals surface area contributed by atoms with Crippen molar-refractivity contribution < 1.29 is 5.11 Å². The third-order valence-corrected chi connectivity index (χ3v) is 2.58. The molecule has 0 amide bonds. The van der Waals surface area contributed by atoms with Crippen LogP contribution in [0.1, 0.15) is 5.56 Å². The molecule has 0 aliphatic heterocycles. The van der Waals surface area contributed by atoms with E-state index in [0.717, 1.165) is 11.1 Å². The average Bonchev–Trinajstić information content (AvgIpc) is 2.33. The van der Waals surface area contributed by atoms with Gasteiger partial charge in [-0.3, -0.25) is 0 Å². The molecule has 16 heavy (non-hydrogen) atoms. The van der Waals surface area contributed by atoms with E-state index in [1.165, 1.54) is 0 Å². The molecule has 2 rings (SSSR count). The third-order valence-electron chi connectivity index (χ3n) is 2.29. The zero-order valence-electron chi connectivity index (χ0n) is 8.31. The molecule has 0 aliphatic rings. The summed E-state index contributed by atoms with van der Waals surface area (Å²) in [5.41, 5.74) is 1.97. The van der Waals surface area contributed by atoms with Gasteiger partial charge in [0.05, 0.1) is 10.6 Å². The maximum atomic E-state index is 9.51. The highest BCUT2D eigenvalue weighted by Gasteiger charge is 2.08. The zero-order valence-corrected chi connectivity index (χ0v) is 9.07. The minimum absolute atomic E-state index is 0.163. The summed E-state index contributed by atoms with van der Waals surface area (Å²) in [5, 5.41) is 18.6. The maximum absolute atomic E-state index is 9.51. The maximum Gasteiger partial charge on any atom is 0.151 e. The van der Waals surface area contributed by atoms with Crippen molar-refractivity contribution in [3.63, 3.8) is 0 Å². The topological polar surface area (TPSA) is 44.0 Å². The second-order valence-corrected chi connectivity index (χ2v) is 3.74. The van der Waals surface area contributed by atoms with Crippen LogP contribution in [0, 0.1) is 11.3 Å². The summed E-state index contributed by atoms with van der Waals surface area (Å²) in [6.07, 6.45) is 0. The Balaban J connectivity index is 2.61. The van der Waals surface area contributed by atoms with Gasteiger partial charge in [-0.05, 0) is 23.3 Å². The van der Waals surface area contributed by atoms with E-state index >= 15 is 0 Å². The van der Waals surface area contributed by atoms with Crippen molar-refractivity contribution in [1.29, 1.82) is 5.26 Å². The van der Waals surface area contributed by atoms with Crippen molar-refractivity contribution in [2.24, 2.45) is 0 Å². The summed E-state index contributed by atoms with van der Waals surface area (Å²) in [6.45, 7) is 0. The Morgan fingerprint density at radius 2 is 1.75 bits per heavy atom. The van der Waals surface area contributed by atoms with Gasteiger partial charge in [-0.2, -0.15) is 5.26 Å². The molecule has 78 valence electrons. The Hall–Kier alpha value is -1.98. The van der Waals surface area contributed by atoms with Gasteiger partial charge in [-0.1, -0.05) is 41.9 Å². The molecule has 0 fully saturated rings. The summed E-state index contributed by atoms with van der Waals surface area (Å²) < 4.78 is 0. The van der Waals surface area contributed by atoms with Crippen LogP contribution >= 0.6 is 11.6 Å². The van der Waals surface area contributed by atoms with Gasteiger partial charge in [0.2, 0.25) is 0 Å². The summed E-state index contributed by atoms with van der Waals surface area (Å²) in [7, 11) is 0. The van der Waals surface area contributed by atoms with E-state index in [0.29, 0.717) is 0 Å². The standard InChI is InChI=1S/C13H8ClNO/c14-12-7-10(6-11(8-15)13(12)16)9-4-2-1-3-5-9/h1-7,16H. The van der Waals surface area contributed by atoms with Crippen molar-refractivity contribution >= 4 is 11.6 Å². The minimum atomic E-state index is -0.163. The van der Waals surface area contributed by atoms with Crippen molar-refractivity contribution in [3.05, 3.63) is 53.1 Å². The lowest BCUT2D eigenvalue weighted by Crippen LogP contribution is -1.83. The highest BCUT2D eigenvalue weighted by Crippen LogP contribution is 2.32. The van der Waals surface area contributed by atoms with Crippen LogP contribution in [0.4, 0.5) is 0 Å². The van der Waals surface area contributed by atoms with E-state index in [4.69, 9.17) is 16.9 Å². The first-order chi connectivity index (χ1) is 7.72. The van der Waals surface area contributed by atoms with Crippen molar-refractivity contribution in [2.45, 2.75) is 0 Å². The van der Waals surface area contributed by atoms with Gasteiger partial charge in [-0.15, -0.1) is 0 Å². The van der Waals surface area contributed by atoms with Crippen LogP contribution in [0.2, 0.25) is 5.02 Å². The Labute approximate surface area is 98.3 Å². The van der Waals surface area contributed by atoms with E-state index in [1.807, 2.05) is 36.4 Å². The molecule has 0 saturated carbocycles. The van der Waals surface area contributed by atoms with Crippen LogP contribution < -0.4 is 0 Å². The molecule has 0 aliphatic carbocycles. The SMILES string of the molecule is N#Cc1cc(-c2ccccc2)cc(Cl)c1O. The molecule has 0 saturated heterocycles.